The monoisotopic (exact) mass is 348 g/mol. The predicted octanol–water partition coefficient (Wildman–Crippen LogP) is 4.07. The molecular formula is C16H14Cl2N4O. The van der Waals surface area contributed by atoms with Crippen LogP contribution in [-0.2, 0) is 13.1 Å². The minimum absolute atomic E-state index is 0.486. The van der Waals surface area contributed by atoms with Gasteiger partial charge in [0.05, 0.1) is 6.54 Å². The summed E-state index contributed by atoms with van der Waals surface area (Å²) in [4.78, 5) is 10.6. The van der Waals surface area contributed by atoms with Gasteiger partial charge in [0.25, 0.3) is 0 Å². The number of rotatable bonds is 5. The molecule has 0 fully saturated rings. The first-order valence-corrected chi connectivity index (χ1v) is 7.73. The minimum atomic E-state index is 0.486. The van der Waals surface area contributed by atoms with Crippen molar-refractivity contribution in [3.8, 4) is 11.5 Å². The molecule has 3 aromatic rings. The summed E-state index contributed by atoms with van der Waals surface area (Å²) in [5.41, 5.74) is 1.71. The Labute approximate surface area is 143 Å². The van der Waals surface area contributed by atoms with Crippen molar-refractivity contribution >= 4 is 23.2 Å². The van der Waals surface area contributed by atoms with E-state index in [1.165, 1.54) is 0 Å². The Kier molecular flexibility index (Phi) is 4.91. The average Bonchev–Trinajstić information content (AvgIpc) is 2.95. The third kappa shape index (κ3) is 4.28. The van der Waals surface area contributed by atoms with Crippen molar-refractivity contribution in [2.45, 2.75) is 13.1 Å². The second-order valence-electron chi connectivity index (χ2n) is 5.18. The van der Waals surface area contributed by atoms with E-state index in [4.69, 9.17) is 27.7 Å². The maximum absolute atomic E-state index is 6.01. The molecule has 0 saturated heterocycles. The van der Waals surface area contributed by atoms with Crippen LogP contribution < -0.4 is 0 Å². The SMILES string of the molecule is CN(Cc1cc(Cl)cc(Cl)c1)Cc1nc(-c2ccccn2)no1. The van der Waals surface area contributed by atoms with E-state index in [0.717, 1.165) is 5.56 Å². The summed E-state index contributed by atoms with van der Waals surface area (Å²) in [7, 11) is 1.96. The normalized spacial score (nSPS) is 11.1. The first-order valence-electron chi connectivity index (χ1n) is 6.97. The van der Waals surface area contributed by atoms with Crippen LogP contribution in [0.4, 0.5) is 0 Å². The smallest absolute Gasteiger partial charge is 0.241 e. The molecule has 0 saturated carbocycles. The van der Waals surface area contributed by atoms with Crippen molar-refractivity contribution in [1.82, 2.24) is 20.0 Å². The quantitative estimate of drug-likeness (QED) is 0.695. The molecule has 2 heterocycles. The van der Waals surface area contributed by atoms with Crippen LogP contribution in [0.1, 0.15) is 11.5 Å². The third-order valence-electron chi connectivity index (χ3n) is 3.14. The van der Waals surface area contributed by atoms with Crippen LogP contribution in [0.5, 0.6) is 0 Å². The van der Waals surface area contributed by atoms with Crippen LogP contribution in [0.3, 0.4) is 0 Å². The van der Waals surface area contributed by atoms with Gasteiger partial charge < -0.3 is 4.52 Å². The van der Waals surface area contributed by atoms with Gasteiger partial charge in [-0.2, -0.15) is 4.98 Å². The Morgan fingerprint density at radius 2 is 1.87 bits per heavy atom. The van der Waals surface area contributed by atoms with Gasteiger partial charge in [-0.3, -0.25) is 9.88 Å². The summed E-state index contributed by atoms with van der Waals surface area (Å²) >= 11 is 12.0. The van der Waals surface area contributed by atoms with Crippen molar-refractivity contribution in [3.05, 3.63) is 64.1 Å². The van der Waals surface area contributed by atoms with E-state index in [0.29, 0.717) is 40.5 Å². The Morgan fingerprint density at radius 1 is 1.09 bits per heavy atom. The molecule has 118 valence electrons. The highest BCUT2D eigenvalue weighted by Gasteiger charge is 2.12. The lowest BCUT2D eigenvalue weighted by Crippen LogP contribution is -2.17. The number of hydrogen-bond acceptors (Lipinski definition) is 5. The highest BCUT2D eigenvalue weighted by Crippen LogP contribution is 2.20. The number of hydrogen-bond donors (Lipinski definition) is 0. The number of benzene rings is 1. The zero-order chi connectivity index (χ0) is 16.2. The lowest BCUT2D eigenvalue weighted by atomic mass is 10.2. The number of nitrogens with zero attached hydrogens (tertiary/aromatic N) is 4. The van der Waals surface area contributed by atoms with Crippen molar-refractivity contribution in [2.75, 3.05) is 7.05 Å². The molecule has 1 aromatic carbocycles. The van der Waals surface area contributed by atoms with Gasteiger partial charge in [-0.15, -0.1) is 0 Å². The van der Waals surface area contributed by atoms with Crippen LogP contribution >= 0.6 is 23.2 Å². The standard InChI is InChI=1S/C16H14Cl2N4O/c1-22(9-11-6-12(17)8-13(18)7-11)10-15-20-16(21-23-15)14-4-2-3-5-19-14/h2-8H,9-10H2,1H3. The second kappa shape index (κ2) is 7.08. The van der Waals surface area contributed by atoms with Crippen LogP contribution in [0, 0.1) is 0 Å². The number of pyridine rings is 1. The zero-order valence-electron chi connectivity index (χ0n) is 12.4. The van der Waals surface area contributed by atoms with Gasteiger partial charge in [-0.1, -0.05) is 34.4 Å². The topological polar surface area (TPSA) is 55.1 Å². The van der Waals surface area contributed by atoms with Crippen LogP contribution in [0.15, 0.2) is 47.1 Å². The molecule has 2 aromatic heterocycles. The molecule has 0 aliphatic carbocycles. The summed E-state index contributed by atoms with van der Waals surface area (Å²) < 4.78 is 5.28. The van der Waals surface area contributed by atoms with Gasteiger partial charge in [-0.05, 0) is 42.9 Å². The summed E-state index contributed by atoms with van der Waals surface area (Å²) in [5.74, 6) is 1.01. The fraction of sp³-hybridized carbons (Fsp3) is 0.188. The van der Waals surface area contributed by atoms with Gasteiger partial charge in [0.15, 0.2) is 0 Å². The predicted molar refractivity (Wildman–Crippen MR) is 89.2 cm³/mol. The molecular weight excluding hydrogens is 335 g/mol. The number of halogens is 2. The zero-order valence-corrected chi connectivity index (χ0v) is 13.9. The van der Waals surface area contributed by atoms with Crippen molar-refractivity contribution in [3.63, 3.8) is 0 Å². The van der Waals surface area contributed by atoms with Crippen molar-refractivity contribution in [2.24, 2.45) is 0 Å². The van der Waals surface area contributed by atoms with E-state index in [2.05, 4.69) is 15.1 Å². The molecule has 7 heteroatoms. The highest BCUT2D eigenvalue weighted by molar-refractivity contribution is 6.34. The molecule has 23 heavy (non-hydrogen) atoms. The molecule has 0 bridgehead atoms. The van der Waals surface area contributed by atoms with Gasteiger partial charge in [0.1, 0.15) is 5.69 Å². The lowest BCUT2D eigenvalue weighted by Gasteiger charge is -2.14. The first-order chi connectivity index (χ1) is 11.1. The summed E-state index contributed by atoms with van der Waals surface area (Å²) in [6, 6.07) is 11.0. The third-order valence-corrected chi connectivity index (χ3v) is 3.58. The molecule has 0 spiro atoms. The largest absolute Gasteiger partial charge is 0.337 e. The summed E-state index contributed by atoms with van der Waals surface area (Å²) in [5, 5.41) is 5.20. The molecule has 0 atom stereocenters. The molecule has 0 unspecified atom stereocenters. The molecule has 5 nitrogen and oxygen atoms in total. The highest BCUT2D eigenvalue weighted by atomic mass is 35.5. The van der Waals surface area contributed by atoms with E-state index in [-0.39, 0.29) is 0 Å². The van der Waals surface area contributed by atoms with Crippen molar-refractivity contribution < 1.29 is 4.52 Å². The molecule has 0 radical (unpaired) electrons. The second-order valence-corrected chi connectivity index (χ2v) is 6.05. The van der Waals surface area contributed by atoms with E-state index in [1.54, 1.807) is 12.3 Å². The minimum Gasteiger partial charge on any atom is -0.337 e. The Morgan fingerprint density at radius 3 is 2.57 bits per heavy atom. The fourth-order valence-corrected chi connectivity index (χ4v) is 2.79. The van der Waals surface area contributed by atoms with Crippen molar-refractivity contribution in [1.29, 1.82) is 0 Å². The van der Waals surface area contributed by atoms with E-state index in [9.17, 15) is 0 Å². The Bertz CT molecular complexity index is 772. The molecule has 0 N–H and O–H groups in total. The van der Waals surface area contributed by atoms with E-state index >= 15 is 0 Å². The van der Waals surface area contributed by atoms with Crippen LogP contribution in [-0.4, -0.2) is 27.1 Å². The fourth-order valence-electron chi connectivity index (χ4n) is 2.22. The molecule has 0 amide bonds. The van der Waals surface area contributed by atoms with Gasteiger partial charge in [0.2, 0.25) is 11.7 Å². The van der Waals surface area contributed by atoms with Crippen LogP contribution in [0.2, 0.25) is 10.0 Å². The summed E-state index contributed by atoms with van der Waals surface area (Å²) in [6.07, 6.45) is 1.69. The molecule has 0 aliphatic rings. The van der Waals surface area contributed by atoms with Gasteiger partial charge >= 0.3 is 0 Å². The maximum atomic E-state index is 6.01. The summed E-state index contributed by atoms with van der Waals surface area (Å²) in [6.45, 7) is 1.19. The number of aromatic nitrogens is 3. The molecule has 3 rings (SSSR count). The first kappa shape index (κ1) is 15.9. The average molecular weight is 349 g/mol. The Hall–Kier alpha value is -1.95. The van der Waals surface area contributed by atoms with Crippen LogP contribution in [0.25, 0.3) is 11.5 Å². The molecule has 0 aliphatic heterocycles. The van der Waals surface area contributed by atoms with E-state index in [1.807, 2.05) is 42.3 Å². The maximum Gasteiger partial charge on any atom is 0.241 e. The van der Waals surface area contributed by atoms with E-state index < -0.39 is 0 Å². The van der Waals surface area contributed by atoms with Gasteiger partial charge in [-0.25, -0.2) is 0 Å². The lowest BCUT2D eigenvalue weighted by molar-refractivity contribution is 0.261. The Balaban J connectivity index is 1.66. The van der Waals surface area contributed by atoms with Gasteiger partial charge in [0, 0.05) is 22.8 Å².